The van der Waals surface area contributed by atoms with Crippen LogP contribution in [0.25, 0.3) is 11.6 Å². The van der Waals surface area contributed by atoms with Crippen LogP contribution in [-0.2, 0) is 19.5 Å². The van der Waals surface area contributed by atoms with Gasteiger partial charge in [-0.15, -0.1) is 11.3 Å². The third-order valence-electron chi connectivity index (χ3n) is 3.26. The Labute approximate surface area is 121 Å². The second-order valence-corrected chi connectivity index (χ2v) is 5.39. The highest BCUT2D eigenvalue weighted by atomic mass is 32.1. The molecule has 3 heterocycles. The average molecular weight is 288 g/mol. The van der Waals surface area contributed by atoms with Crippen molar-refractivity contribution in [3.05, 3.63) is 34.8 Å². The van der Waals surface area contributed by atoms with Gasteiger partial charge in [-0.25, -0.2) is 19.6 Å². The van der Waals surface area contributed by atoms with Gasteiger partial charge in [0, 0.05) is 36.8 Å². The van der Waals surface area contributed by atoms with Gasteiger partial charge in [0.2, 0.25) is 0 Å². The van der Waals surface area contributed by atoms with E-state index in [1.807, 2.05) is 36.4 Å². The molecule has 0 radical (unpaired) electrons. The highest BCUT2D eigenvalue weighted by Gasteiger charge is 2.12. The molecular weight excluding hydrogens is 272 g/mol. The SMILES string of the molecule is CCn1ncnc1-c1nccn1CCc1scnc1C. The van der Waals surface area contributed by atoms with E-state index in [9.17, 15) is 0 Å². The summed E-state index contributed by atoms with van der Waals surface area (Å²) in [4.78, 5) is 14.3. The summed E-state index contributed by atoms with van der Waals surface area (Å²) in [7, 11) is 0. The number of thiazole rings is 1. The minimum Gasteiger partial charge on any atom is -0.328 e. The molecule has 7 heteroatoms. The molecular formula is C13H16N6S. The molecule has 0 spiro atoms. The van der Waals surface area contributed by atoms with Gasteiger partial charge in [-0.2, -0.15) is 5.10 Å². The summed E-state index contributed by atoms with van der Waals surface area (Å²) < 4.78 is 3.98. The fraction of sp³-hybridized carbons (Fsp3) is 0.385. The normalized spacial score (nSPS) is 11.1. The van der Waals surface area contributed by atoms with Gasteiger partial charge in [-0.1, -0.05) is 0 Å². The van der Waals surface area contributed by atoms with Crippen LogP contribution in [0.4, 0.5) is 0 Å². The highest BCUT2D eigenvalue weighted by Crippen LogP contribution is 2.17. The molecule has 0 aliphatic carbocycles. The lowest BCUT2D eigenvalue weighted by atomic mass is 10.3. The Balaban J connectivity index is 1.82. The lowest BCUT2D eigenvalue weighted by molar-refractivity contribution is 0.646. The fourth-order valence-electron chi connectivity index (χ4n) is 2.15. The Morgan fingerprint density at radius 3 is 2.85 bits per heavy atom. The minimum atomic E-state index is 0.788. The van der Waals surface area contributed by atoms with Crippen LogP contribution in [0.3, 0.4) is 0 Å². The number of aromatic nitrogens is 6. The van der Waals surface area contributed by atoms with Crippen LogP contribution < -0.4 is 0 Å². The molecule has 0 aliphatic heterocycles. The zero-order valence-electron chi connectivity index (χ0n) is 11.5. The Kier molecular flexibility index (Phi) is 3.60. The third kappa shape index (κ3) is 2.36. The number of imidazole rings is 1. The van der Waals surface area contributed by atoms with Crippen molar-refractivity contribution < 1.29 is 0 Å². The maximum Gasteiger partial charge on any atom is 0.194 e. The van der Waals surface area contributed by atoms with Gasteiger partial charge in [0.05, 0.1) is 11.2 Å². The first-order valence-corrected chi connectivity index (χ1v) is 7.45. The molecule has 0 atom stereocenters. The molecule has 0 N–H and O–H groups in total. The van der Waals surface area contributed by atoms with Crippen LogP contribution in [0.1, 0.15) is 17.5 Å². The summed E-state index contributed by atoms with van der Waals surface area (Å²) in [5, 5.41) is 4.20. The van der Waals surface area contributed by atoms with Gasteiger partial charge in [-0.3, -0.25) is 0 Å². The lowest BCUT2D eigenvalue weighted by Gasteiger charge is -2.07. The standard InChI is InChI=1S/C13H16N6S/c1-3-19-13(15-8-17-19)12-14-5-7-18(12)6-4-11-10(2)16-9-20-11/h5,7-9H,3-4,6H2,1-2H3. The molecule has 0 bridgehead atoms. The van der Waals surface area contributed by atoms with E-state index in [1.54, 1.807) is 17.7 Å². The number of rotatable bonds is 5. The van der Waals surface area contributed by atoms with Gasteiger partial charge in [0.25, 0.3) is 0 Å². The summed E-state index contributed by atoms with van der Waals surface area (Å²) >= 11 is 1.70. The van der Waals surface area contributed by atoms with Gasteiger partial charge >= 0.3 is 0 Å². The topological polar surface area (TPSA) is 61.4 Å². The van der Waals surface area contributed by atoms with Crippen LogP contribution in [0, 0.1) is 6.92 Å². The maximum absolute atomic E-state index is 4.42. The van der Waals surface area contributed by atoms with Crippen molar-refractivity contribution in [2.45, 2.75) is 33.4 Å². The van der Waals surface area contributed by atoms with Crippen LogP contribution in [0.2, 0.25) is 0 Å². The zero-order valence-corrected chi connectivity index (χ0v) is 12.3. The second kappa shape index (κ2) is 5.54. The molecule has 3 aromatic heterocycles. The predicted molar refractivity (Wildman–Crippen MR) is 77.5 cm³/mol. The quantitative estimate of drug-likeness (QED) is 0.722. The minimum absolute atomic E-state index is 0.788. The van der Waals surface area contributed by atoms with Crippen molar-refractivity contribution in [3.8, 4) is 11.6 Å². The summed E-state index contributed by atoms with van der Waals surface area (Å²) in [6, 6.07) is 0. The van der Waals surface area contributed by atoms with Gasteiger partial charge in [-0.05, 0) is 13.8 Å². The van der Waals surface area contributed by atoms with Crippen LogP contribution in [-0.4, -0.2) is 29.3 Å². The average Bonchev–Trinajstić information content (AvgIpc) is 3.16. The molecule has 6 nitrogen and oxygen atoms in total. The highest BCUT2D eigenvalue weighted by molar-refractivity contribution is 7.09. The molecule has 0 fully saturated rings. The summed E-state index contributed by atoms with van der Waals surface area (Å²) in [5.74, 6) is 1.69. The smallest absolute Gasteiger partial charge is 0.194 e. The van der Waals surface area contributed by atoms with E-state index < -0.39 is 0 Å². The first-order chi connectivity index (χ1) is 9.79. The molecule has 3 aromatic rings. The molecule has 104 valence electrons. The van der Waals surface area contributed by atoms with E-state index in [4.69, 9.17) is 0 Å². The molecule has 0 unspecified atom stereocenters. The number of nitrogens with zero attached hydrogens (tertiary/aromatic N) is 6. The van der Waals surface area contributed by atoms with E-state index in [-0.39, 0.29) is 0 Å². The molecule has 0 saturated heterocycles. The lowest BCUT2D eigenvalue weighted by Crippen LogP contribution is -2.07. The van der Waals surface area contributed by atoms with E-state index in [2.05, 4.69) is 24.6 Å². The van der Waals surface area contributed by atoms with E-state index in [0.29, 0.717) is 0 Å². The molecule has 0 saturated carbocycles. The van der Waals surface area contributed by atoms with E-state index >= 15 is 0 Å². The van der Waals surface area contributed by atoms with Crippen molar-refractivity contribution >= 4 is 11.3 Å². The summed E-state index contributed by atoms with van der Waals surface area (Å²) in [5.41, 5.74) is 3.01. The monoisotopic (exact) mass is 288 g/mol. The Bertz CT molecular complexity index is 695. The summed E-state index contributed by atoms with van der Waals surface area (Å²) in [6.07, 6.45) is 6.33. The maximum atomic E-state index is 4.42. The number of hydrogen-bond donors (Lipinski definition) is 0. The van der Waals surface area contributed by atoms with E-state index in [0.717, 1.165) is 36.9 Å². The van der Waals surface area contributed by atoms with Crippen molar-refractivity contribution in [1.82, 2.24) is 29.3 Å². The van der Waals surface area contributed by atoms with Crippen LogP contribution in [0.15, 0.2) is 24.2 Å². The molecule has 3 rings (SSSR count). The van der Waals surface area contributed by atoms with Crippen LogP contribution in [0.5, 0.6) is 0 Å². The van der Waals surface area contributed by atoms with E-state index in [1.165, 1.54) is 4.88 Å². The molecule has 0 aromatic carbocycles. The Morgan fingerprint density at radius 1 is 1.20 bits per heavy atom. The Morgan fingerprint density at radius 2 is 2.10 bits per heavy atom. The Hall–Kier alpha value is -2.02. The van der Waals surface area contributed by atoms with Crippen molar-refractivity contribution in [2.75, 3.05) is 0 Å². The largest absolute Gasteiger partial charge is 0.328 e. The second-order valence-electron chi connectivity index (χ2n) is 4.45. The zero-order chi connectivity index (χ0) is 13.9. The van der Waals surface area contributed by atoms with Gasteiger partial charge in [0.15, 0.2) is 11.6 Å². The van der Waals surface area contributed by atoms with Gasteiger partial charge < -0.3 is 4.57 Å². The first kappa shape index (κ1) is 13.0. The van der Waals surface area contributed by atoms with Crippen molar-refractivity contribution in [2.24, 2.45) is 0 Å². The first-order valence-electron chi connectivity index (χ1n) is 6.58. The van der Waals surface area contributed by atoms with Crippen molar-refractivity contribution in [3.63, 3.8) is 0 Å². The molecule has 20 heavy (non-hydrogen) atoms. The van der Waals surface area contributed by atoms with Crippen LogP contribution >= 0.6 is 11.3 Å². The third-order valence-corrected chi connectivity index (χ3v) is 4.25. The molecule has 0 amide bonds. The fourth-order valence-corrected chi connectivity index (χ4v) is 2.92. The summed E-state index contributed by atoms with van der Waals surface area (Å²) in [6.45, 7) is 5.76. The van der Waals surface area contributed by atoms with Crippen molar-refractivity contribution in [1.29, 1.82) is 0 Å². The number of hydrogen-bond acceptors (Lipinski definition) is 5. The number of aryl methyl sites for hydroxylation is 4. The molecule has 0 aliphatic rings. The van der Waals surface area contributed by atoms with Gasteiger partial charge in [0.1, 0.15) is 6.33 Å². The predicted octanol–water partition coefficient (Wildman–Crippen LogP) is 2.17.